The molecular weight excluding hydrogens is 252 g/mol. The summed E-state index contributed by atoms with van der Waals surface area (Å²) in [5.74, 6) is 1.62. The predicted octanol–water partition coefficient (Wildman–Crippen LogP) is 1.77. The largest absolute Gasteiger partial charge is 0.323 e. The number of nitriles is 2. The van der Waals surface area contributed by atoms with Gasteiger partial charge in [0.1, 0.15) is 12.1 Å². The molecular formula is C15H10N4O. The fourth-order valence-corrected chi connectivity index (χ4v) is 2.17. The summed E-state index contributed by atoms with van der Waals surface area (Å²) in [5.41, 5.74) is 1.09. The number of nitrogens with one attached hydrogen (secondary N) is 2. The Hall–Kier alpha value is -3.14. The summed E-state index contributed by atoms with van der Waals surface area (Å²) in [6.07, 6.45) is 0.166. The van der Waals surface area contributed by atoms with Crippen LogP contribution in [-0.2, 0) is 4.79 Å². The minimum atomic E-state index is -0.367. The average molecular weight is 262 g/mol. The van der Waals surface area contributed by atoms with Gasteiger partial charge in [0.15, 0.2) is 5.57 Å². The van der Waals surface area contributed by atoms with Crippen LogP contribution in [0.1, 0.15) is 17.9 Å². The Bertz CT molecular complexity index is 696. The molecule has 2 N–H and O–H groups in total. The fourth-order valence-electron chi connectivity index (χ4n) is 2.17. The molecule has 1 amide bonds. The maximum Gasteiger partial charge on any atom is 0.225 e. The van der Waals surface area contributed by atoms with Gasteiger partial charge in [-0.2, -0.15) is 10.5 Å². The van der Waals surface area contributed by atoms with Gasteiger partial charge in [-0.05, 0) is 11.4 Å². The van der Waals surface area contributed by atoms with Crippen molar-refractivity contribution in [1.29, 1.82) is 15.9 Å². The highest BCUT2D eigenvalue weighted by molar-refractivity contribution is 5.87. The fraction of sp³-hybridized carbons (Fsp3) is 0.133. The molecule has 5 heteroatoms. The van der Waals surface area contributed by atoms with Crippen molar-refractivity contribution >= 4 is 11.8 Å². The SMILES string of the molecule is N#CC(C#N)=C1NC(=O)CC(c2ccccc2)C1=C=N. The second-order valence-corrected chi connectivity index (χ2v) is 4.23. The molecule has 1 atom stereocenters. The van der Waals surface area contributed by atoms with Gasteiger partial charge in [-0.15, -0.1) is 0 Å². The number of benzene rings is 1. The Morgan fingerprint density at radius 3 is 2.45 bits per heavy atom. The molecule has 1 aromatic rings. The van der Waals surface area contributed by atoms with Gasteiger partial charge in [0.25, 0.3) is 0 Å². The van der Waals surface area contributed by atoms with Crippen LogP contribution >= 0.6 is 0 Å². The van der Waals surface area contributed by atoms with Gasteiger partial charge in [0.2, 0.25) is 5.91 Å². The molecule has 2 rings (SSSR count). The minimum Gasteiger partial charge on any atom is -0.323 e. The van der Waals surface area contributed by atoms with Crippen LogP contribution in [0.15, 0.2) is 47.2 Å². The highest BCUT2D eigenvalue weighted by Crippen LogP contribution is 2.34. The quantitative estimate of drug-likeness (QED) is 0.595. The highest BCUT2D eigenvalue weighted by Gasteiger charge is 2.31. The summed E-state index contributed by atoms with van der Waals surface area (Å²) in [4.78, 5) is 11.8. The van der Waals surface area contributed by atoms with Gasteiger partial charge in [0, 0.05) is 17.9 Å². The molecule has 0 radical (unpaired) electrons. The summed E-state index contributed by atoms with van der Waals surface area (Å²) in [6.45, 7) is 0. The van der Waals surface area contributed by atoms with E-state index in [-0.39, 0.29) is 29.5 Å². The number of nitrogens with zero attached hydrogens (tertiary/aromatic N) is 2. The second-order valence-electron chi connectivity index (χ2n) is 4.23. The third kappa shape index (κ3) is 2.35. The first-order chi connectivity index (χ1) is 9.71. The molecule has 0 aromatic heterocycles. The van der Waals surface area contributed by atoms with Crippen LogP contribution in [0.5, 0.6) is 0 Å². The summed E-state index contributed by atoms with van der Waals surface area (Å²) < 4.78 is 0. The van der Waals surface area contributed by atoms with Crippen LogP contribution < -0.4 is 5.32 Å². The zero-order valence-corrected chi connectivity index (χ0v) is 10.5. The van der Waals surface area contributed by atoms with Gasteiger partial charge in [0.05, 0.1) is 5.70 Å². The number of hydrogen-bond donors (Lipinski definition) is 2. The first kappa shape index (κ1) is 13.3. The van der Waals surface area contributed by atoms with Crippen LogP contribution in [0.4, 0.5) is 0 Å². The summed E-state index contributed by atoms with van der Waals surface area (Å²) in [5, 5.41) is 27.8. The predicted molar refractivity (Wildman–Crippen MR) is 71.4 cm³/mol. The van der Waals surface area contributed by atoms with Gasteiger partial charge >= 0.3 is 0 Å². The molecule has 0 aliphatic carbocycles. The smallest absolute Gasteiger partial charge is 0.225 e. The summed E-state index contributed by atoms with van der Waals surface area (Å²) in [7, 11) is 0. The van der Waals surface area contributed by atoms with E-state index in [0.717, 1.165) is 5.56 Å². The molecule has 5 nitrogen and oxygen atoms in total. The maximum absolute atomic E-state index is 11.8. The molecule has 96 valence electrons. The van der Waals surface area contributed by atoms with E-state index >= 15 is 0 Å². The molecule has 20 heavy (non-hydrogen) atoms. The van der Waals surface area contributed by atoms with Crippen molar-refractivity contribution in [2.45, 2.75) is 12.3 Å². The van der Waals surface area contributed by atoms with E-state index in [4.69, 9.17) is 15.9 Å². The molecule has 1 aliphatic heterocycles. The lowest BCUT2D eigenvalue weighted by atomic mass is 9.83. The Morgan fingerprint density at radius 2 is 1.90 bits per heavy atom. The van der Waals surface area contributed by atoms with Crippen LogP contribution in [0.25, 0.3) is 0 Å². The topological polar surface area (TPSA) is 101 Å². The first-order valence-corrected chi connectivity index (χ1v) is 5.90. The number of allylic oxidation sites excluding steroid dienone is 2. The van der Waals surface area contributed by atoms with Crippen LogP contribution in [-0.4, -0.2) is 11.8 Å². The third-order valence-corrected chi connectivity index (χ3v) is 3.08. The zero-order chi connectivity index (χ0) is 14.5. The Kier molecular flexibility index (Phi) is 3.77. The highest BCUT2D eigenvalue weighted by atomic mass is 16.1. The van der Waals surface area contributed by atoms with E-state index in [1.54, 1.807) is 12.1 Å². The minimum absolute atomic E-state index is 0.0927. The van der Waals surface area contributed by atoms with Gasteiger partial charge in [-0.25, -0.2) is 0 Å². The number of carbonyl (C=O) groups excluding carboxylic acids is 1. The van der Waals surface area contributed by atoms with Crippen molar-refractivity contribution in [3.8, 4) is 12.1 Å². The molecule has 1 aromatic carbocycles. The zero-order valence-electron chi connectivity index (χ0n) is 10.5. The van der Waals surface area contributed by atoms with E-state index < -0.39 is 0 Å². The average Bonchev–Trinajstić information content (AvgIpc) is 2.49. The molecule has 0 saturated carbocycles. The van der Waals surface area contributed by atoms with Gasteiger partial charge < -0.3 is 5.32 Å². The Balaban J connectivity index is 2.59. The van der Waals surface area contributed by atoms with Crippen LogP contribution in [0.2, 0.25) is 0 Å². The standard InChI is InChI=1S/C15H10N4O/c16-7-11(8-17)15-13(9-18)12(6-14(20)19-15)10-4-2-1-3-5-10/h1-5,12,18H,6H2,(H,19,20). The second kappa shape index (κ2) is 5.67. The lowest BCUT2D eigenvalue weighted by Gasteiger charge is -2.26. The number of rotatable bonds is 1. The molecule has 1 aliphatic rings. The van der Waals surface area contributed by atoms with E-state index in [2.05, 4.69) is 11.2 Å². The lowest BCUT2D eigenvalue weighted by Crippen LogP contribution is -2.34. The first-order valence-electron chi connectivity index (χ1n) is 5.90. The van der Waals surface area contributed by atoms with E-state index in [1.807, 2.05) is 30.3 Å². The van der Waals surface area contributed by atoms with Crippen molar-refractivity contribution in [2.75, 3.05) is 0 Å². The van der Waals surface area contributed by atoms with Crippen molar-refractivity contribution in [3.05, 3.63) is 52.7 Å². The number of hydrogen-bond acceptors (Lipinski definition) is 4. The van der Waals surface area contributed by atoms with Crippen LogP contribution in [0.3, 0.4) is 0 Å². The molecule has 0 spiro atoms. The summed E-state index contributed by atoms with van der Waals surface area (Å²) >= 11 is 0. The number of piperidine rings is 1. The third-order valence-electron chi connectivity index (χ3n) is 3.08. The molecule has 1 heterocycles. The number of amides is 1. The van der Waals surface area contributed by atoms with Gasteiger partial charge in [-0.3, -0.25) is 10.2 Å². The molecule has 1 unspecified atom stereocenters. The summed E-state index contributed by atoms with van der Waals surface area (Å²) in [6, 6.07) is 12.7. The Labute approximate surface area is 116 Å². The monoisotopic (exact) mass is 262 g/mol. The molecule has 0 bridgehead atoms. The van der Waals surface area contributed by atoms with Crippen LogP contribution in [0, 0.1) is 28.1 Å². The van der Waals surface area contributed by atoms with E-state index in [1.165, 1.54) is 0 Å². The molecule has 1 saturated heterocycles. The van der Waals surface area contributed by atoms with E-state index in [9.17, 15) is 4.79 Å². The normalized spacial score (nSPS) is 17.5. The van der Waals surface area contributed by atoms with Gasteiger partial charge in [-0.1, -0.05) is 30.3 Å². The van der Waals surface area contributed by atoms with Crippen molar-refractivity contribution < 1.29 is 4.79 Å². The lowest BCUT2D eigenvalue weighted by molar-refractivity contribution is -0.121. The molecule has 1 fully saturated rings. The maximum atomic E-state index is 11.8. The number of carbonyl (C=O) groups is 1. The van der Waals surface area contributed by atoms with E-state index in [0.29, 0.717) is 5.57 Å². The van der Waals surface area contributed by atoms with Crippen molar-refractivity contribution in [3.63, 3.8) is 0 Å². The van der Waals surface area contributed by atoms with Crippen molar-refractivity contribution in [2.24, 2.45) is 0 Å². The van der Waals surface area contributed by atoms with Crippen molar-refractivity contribution in [1.82, 2.24) is 5.32 Å². The Morgan fingerprint density at radius 1 is 1.25 bits per heavy atom.